The Morgan fingerprint density at radius 3 is 1.74 bits per heavy atom. The standard InChI is InChI=1S/C28H25NO2S3/c1-2-3-4-5-14-29-23-10-6-19(25-12-8-21(17-30)32-25)15-27(23)34-28-16-20(7-11-24(28)29)26-13-9-22(18-31)33-26/h6-13,15-18H,2-5,14H2,1H3. The van der Waals surface area contributed by atoms with Gasteiger partial charge in [-0.3, -0.25) is 9.59 Å². The maximum absolute atomic E-state index is 11.2. The van der Waals surface area contributed by atoms with E-state index in [9.17, 15) is 9.59 Å². The zero-order valence-electron chi connectivity index (χ0n) is 19.0. The van der Waals surface area contributed by atoms with E-state index in [0.717, 1.165) is 56.2 Å². The molecule has 0 atom stereocenters. The molecule has 2 aromatic carbocycles. The van der Waals surface area contributed by atoms with Gasteiger partial charge < -0.3 is 4.90 Å². The molecule has 0 aliphatic carbocycles. The van der Waals surface area contributed by atoms with Gasteiger partial charge in [0.2, 0.25) is 0 Å². The van der Waals surface area contributed by atoms with Gasteiger partial charge in [0.1, 0.15) is 0 Å². The highest BCUT2D eigenvalue weighted by atomic mass is 32.2. The van der Waals surface area contributed by atoms with Gasteiger partial charge in [0, 0.05) is 26.1 Å². The lowest BCUT2D eigenvalue weighted by Gasteiger charge is -2.33. The van der Waals surface area contributed by atoms with E-state index in [4.69, 9.17) is 0 Å². The first kappa shape index (κ1) is 23.1. The Morgan fingerprint density at radius 1 is 0.706 bits per heavy atom. The van der Waals surface area contributed by atoms with Crippen LogP contribution in [0.4, 0.5) is 11.4 Å². The first-order valence-electron chi connectivity index (χ1n) is 11.5. The molecular weight excluding hydrogens is 479 g/mol. The fourth-order valence-corrected chi connectivity index (χ4v) is 7.09. The number of benzene rings is 2. The summed E-state index contributed by atoms with van der Waals surface area (Å²) in [4.78, 5) is 31.0. The normalized spacial score (nSPS) is 12.3. The molecule has 0 amide bonds. The Hall–Kier alpha value is -2.67. The maximum Gasteiger partial charge on any atom is 0.160 e. The fourth-order valence-electron chi connectivity index (χ4n) is 4.27. The fraction of sp³-hybridized carbons (Fsp3) is 0.214. The zero-order chi connectivity index (χ0) is 23.5. The van der Waals surface area contributed by atoms with Crippen molar-refractivity contribution in [3.05, 3.63) is 70.4 Å². The van der Waals surface area contributed by atoms with Crippen molar-refractivity contribution in [2.45, 2.75) is 42.4 Å². The van der Waals surface area contributed by atoms with Crippen LogP contribution in [-0.4, -0.2) is 19.1 Å². The molecule has 3 nitrogen and oxygen atoms in total. The first-order valence-corrected chi connectivity index (χ1v) is 14.0. The number of fused-ring (bicyclic) bond motifs is 2. The van der Waals surface area contributed by atoms with Crippen molar-refractivity contribution in [1.82, 2.24) is 0 Å². The second-order valence-electron chi connectivity index (χ2n) is 8.32. The van der Waals surface area contributed by atoms with Crippen LogP contribution in [0.15, 0.2) is 70.5 Å². The van der Waals surface area contributed by atoms with Gasteiger partial charge in [-0.2, -0.15) is 0 Å². The molecule has 0 N–H and O–H groups in total. The molecule has 1 aliphatic heterocycles. The Morgan fingerprint density at radius 2 is 1.26 bits per heavy atom. The topological polar surface area (TPSA) is 37.4 Å². The summed E-state index contributed by atoms with van der Waals surface area (Å²) in [5.74, 6) is 0. The lowest BCUT2D eigenvalue weighted by molar-refractivity contribution is 0.111. The Bertz CT molecular complexity index is 1240. The summed E-state index contributed by atoms with van der Waals surface area (Å²) in [6, 6.07) is 21.1. The number of hydrogen-bond donors (Lipinski definition) is 0. The van der Waals surface area contributed by atoms with Crippen molar-refractivity contribution in [3.8, 4) is 20.9 Å². The summed E-state index contributed by atoms with van der Waals surface area (Å²) in [6.07, 6.45) is 6.70. The quantitative estimate of drug-likeness (QED) is 0.169. The highest BCUT2D eigenvalue weighted by Crippen LogP contribution is 2.50. The van der Waals surface area contributed by atoms with Gasteiger partial charge in [0.15, 0.2) is 12.6 Å². The predicted octanol–water partition coefficient (Wildman–Crippen LogP) is 8.95. The smallest absolute Gasteiger partial charge is 0.160 e. The minimum Gasteiger partial charge on any atom is -0.340 e. The van der Waals surface area contributed by atoms with Crippen LogP contribution in [0.3, 0.4) is 0 Å². The van der Waals surface area contributed by atoms with Gasteiger partial charge in [-0.15, -0.1) is 22.7 Å². The van der Waals surface area contributed by atoms with E-state index in [2.05, 4.69) is 48.2 Å². The number of carbonyl (C=O) groups excluding carboxylic acids is 2. The number of carbonyl (C=O) groups is 2. The third kappa shape index (κ3) is 4.63. The van der Waals surface area contributed by atoms with E-state index in [-0.39, 0.29) is 0 Å². The van der Waals surface area contributed by atoms with Gasteiger partial charge in [-0.25, -0.2) is 0 Å². The second kappa shape index (κ2) is 10.3. The van der Waals surface area contributed by atoms with E-state index < -0.39 is 0 Å². The number of nitrogens with zero attached hydrogens (tertiary/aromatic N) is 1. The summed E-state index contributed by atoms with van der Waals surface area (Å²) in [5, 5.41) is 0. The van der Waals surface area contributed by atoms with Crippen molar-refractivity contribution in [1.29, 1.82) is 0 Å². The maximum atomic E-state index is 11.2. The molecule has 0 spiro atoms. The number of rotatable bonds is 9. The molecule has 0 saturated heterocycles. The van der Waals surface area contributed by atoms with Crippen molar-refractivity contribution in [2.75, 3.05) is 11.4 Å². The molecule has 2 aromatic heterocycles. The second-order valence-corrected chi connectivity index (χ2v) is 11.6. The SMILES string of the molecule is CCCCCCN1c2ccc(-c3ccc(C=O)s3)cc2Sc2cc(-c3ccc(C=O)s3)ccc21. The van der Waals surface area contributed by atoms with E-state index in [0.29, 0.717) is 0 Å². The van der Waals surface area contributed by atoms with Gasteiger partial charge in [0.05, 0.1) is 21.1 Å². The number of thiophene rings is 2. The van der Waals surface area contributed by atoms with Crippen LogP contribution >= 0.6 is 34.4 Å². The molecule has 6 heteroatoms. The van der Waals surface area contributed by atoms with Crippen molar-refractivity contribution in [3.63, 3.8) is 0 Å². The summed E-state index contributed by atoms with van der Waals surface area (Å²) >= 11 is 4.86. The predicted molar refractivity (Wildman–Crippen MR) is 146 cm³/mol. The first-order chi connectivity index (χ1) is 16.7. The molecule has 172 valence electrons. The summed E-state index contributed by atoms with van der Waals surface area (Å²) in [6.45, 7) is 3.23. The molecule has 0 saturated carbocycles. The molecule has 0 fully saturated rings. The zero-order valence-corrected chi connectivity index (χ0v) is 21.4. The van der Waals surface area contributed by atoms with Crippen LogP contribution in [-0.2, 0) is 0 Å². The molecule has 5 rings (SSSR count). The Balaban J connectivity index is 1.52. The van der Waals surface area contributed by atoms with Gasteiger partial charge in [-0.1, -0.05) is 50.1 Å². The molecule has 1 aliphatic rings. The summed E-state index contributed by atoms with van der Waals surface area (Å²) < 4.78 is 0. The molecule has 0 radical (unpaired) electrons. The van der Waals surface area contributed by atoms with Gasteiger partial charge in [0.25, 0.3) is 0 Å². The largest absolute Gasteiger partial charge is 0.340 e. The van der Waals surface area contributed by atoms with Crippen molar-refractivity contribution in [2.24, 2.45) is 0 Å². The molecule has 0 unspecified atom stereocenters. The molecule has 0 bridgehead atoms. The monoisotopic (exact) mass is 503 g/mol. The Labute approximate surface area is 212 Å². The van der Waals surface area contributed by atoms with Crippen molar-refractivity contribution < 1.29 is 9.59 Å². The average molecular weight is 504 g/mol. The number of unbranched alkanes of at least 4 members (excludes halogenated alkanes) is 3. The van der Waals surface area contributed by atoms with E-state index in [1.807, 2.05) is 24.3 Å². The van der Waals surface area contributed by atoms with Gasteiger partial charge >= 0.3 is 0 Å². The molecule has 4 aromatic rings. The third-order valence-electron chi connectivity index (χ3n) is 6.01. The van der Waals surface area contributed by atoms with E-state index in [1.165, 1.54) is 63.1 Å². The summed E-state index contributed by atoms with van der Waals surface area (Å²) in [7, 11) is 0. The lowest BCUT2D eigenvalue weighted by Crippen LogP contribution is -2.22. The lowest BCUT2D eigenvalue weighted by atomic mass is 10.1. The third-order valence-corrected chi connectivity index (χ3v) is 9.22. The van der Waals surface area contributed by atoms with Crippen LogP contribution in [0.2, 0.25) is 0 Å². The highest BCUT2D eigenvalue weighted by Gasteiger charge is 2.24. The Kier molecular flexibility index (Phi) is 6.99. The van der Waals surface area contributed by atoms with Crippen LogP contribution < -0.4 is 4.90 Å². The van der Waals surface area contributed by atoms with Crippen LogP contribution in [0.25, 0.3) is 20.9 Å². The summed E-state index contributed by atoms with van der Waals surface area (Å²) in [5.41, 5.74) is 4.78. The van der Waals surface area contributed by atoms with E-state index in [1.54, 1.807) is 11.8 Å². The van der Waals surface area contributed by atoms with Crippen LogP contribution in [0.5, 0.6) is 0 Å². The van der Waals surface area contributed by atoms with E-state index >= 15 is 0 Å². The van der Waals surface area contributed by atoms with Crippen LogP contribution in [0.1, 0.15) is 52.0 Å². The number of aldehydes is 2. The van der Waals surface area contributed by atoms with Gasteiger partial charge in [-0.05, 0) is 66.1 Å². The minimum atomic E-state index is 0.749. The average Bonchev–Trinajstić information content (AvgIpc) is 3.55. The molecule has 3 heterocycles. The number of anilines is 2. The number of hydrogen-bond acceptors (Lipinski definition) is 6. The molecular formula is C28H25NO2S3. The van der Waals surface area contributed by atoms with Crippen molar-refractivity contribution >= 4 is 58.4 Å². The molecule has 34 heavy (non-hydrogen) atoms. The minimum absolute atomic E-state index is 0.749. The van der Waals surface area contributed by atoms with Crippen LogP contribution in [0, 0.1) is 0 Å². The highest BCUT2D eigenvalue weighted by molar-refractivity contribution is 7.99.